The minimum Gasteiger partial charge on any atom is -0.445 e. The van der Waals surface area contributed by atoms with Crippen molar-refractivity contribution in [3.05, 3.63) is 40.8 Å². The van der Waals surface area contributed by atoms with E-state index >= 15 is 0 Å². The molecule has 0 aliphatic carbocycles. The maximum Gasteiger partial charge on any atom is 0.411 e. The van der Waals surface area contributed by atoms with Crippen LogP contribution in [0.25, 0.3) is 11.1 Å². The number of carbonyl (C=O) groups is 1. The number of nitrogens with one attached hydrogen (secondary N) is 1. The first-order valence-corrected chi connectivity index (χ1v) is 10.0. The topological polar surface area (TPSA) is 38.3 Å². The van der Waals surface area contributed by atoms with Crippen molar-refractivity contribution >= 4 is 23.1 Å². The van der Waals surface area contributed by atoms with Gasteiger partial charge in [-0.25, -0.2) is 9.18 Å². The number of piperidine rings is 1. The monoisotopic (exact) mass is 375 g/mol. The molecule has 0 spiro atoms. The molecule has 4 rings (SSSR count). The summed E-state index contributed by atoms with van der Waals surface area (Å²) in [6, 6.07) is 7.44. The molecule has 2 aliphatic rings. The van der Waals surface area contributed by atoms with E-state index in [-0.39, 0.29) is 11.9 Å². The number of carbonyl (C=O) groups excluding carboxylic acids is 1. The Bertz CT molecular complexity index is 790. The van der Waals surface area contributed by atoms with Crippen molar-refractivity contribution in [1.82, 2.24) is 0 Å². The maximum atomic E-state index is 13.7. The highest BCUT2D eigenvalue weighted by atomic mass is 32.1. The second-order valence-electron chi connectivity index (χ2n) is 7.84. The molecule has 0 radical (unpaired) electrons. The second kappa shape index (κ2) is 6.67. The van der Waals surface area contributed by atoms with Crippen LogP contribution in [0.1, 0.15) is 25.7 Å². The van der Waals surface area contributed by atoms with Crippen molar-refractivity contribution < 1.29 is 18.4 Å². The summed E-state index contributed by atoms with van der Waals surface area (Å²) in [5.41, 5.74) is 2.13. The van der Waals surface area contributed by atoms with Gasteiger partial charge in [-0.05, 0) is 40.6 Å². The summed E-state index contributed by atoms with van der Waals surface area (Å²) in [6.07, 6.45) is 3.75. The van der Waals surface area contributed by atoms with Crippen molar-refractivity contribution in [2.75, 3.05) is 19.4 Å². The zero-order chi connectivity index (χ0) is 18.3. The summed E-state index contributed by atoms with van der Waals surface area (Å²) >= 11 is 1.54. The number of benzene rings is 1. The van der Waals surface area contributed by atoms with E-state index in [1.165, 1.54) is 36.3 Å². The van der Waals surface area contributed by atoms with E-state index in [0.717, 1.165) is 22.9 Å². The van der Waals surface area contributed by atoms with Crippen LogP contribution in [-0.2, 0) is 4.74 Å². The van der Waals surface area contributed by atoms with Gasteiger partial charge in [-0.1, -0.05) is 0 Å². The highest BCUT2D eigenvalue weighted by Crippen LogP contribution is 2.40. The van der Waals surface area contributed by atoms with Gasteiger partial charge in [-0.3, -0.25) is 5.32 Å². The molecule has 26 heavy (non-hydrogen) atoms. The predicted molar refractivity (Wildman–Crippen MR) is 102 cm³/mol. The smallest absolute Gasteiger partial charge is 0.411 e. The Morgan fingerprint density at radius 2 is 1.96 bits per heavy atom. The normalized spacial score (nSPS) is 26.5. The summed E-state index contributed by atoms with van der Waals surface area (Å²) < 4.78 is 20.4. The number of fused-ring (bicyclic) bond motifs is 2. The first kappa shape index (κ1) is 17.5. The molecule has 0 saturated carbocycles. The molecule has 3 heterocycles. The van der Waals surface area contributed by atoms with Crippen LogP contribution < -0.4 is 5.32 Å². The Hall–Kier alpha value is -1.92. The highest BCUT2D eigenvalue weighted by molar-refractivity contribution is 7.08. The lowest BCUT2D eigenvalue weighted by Gasteiger charge is -2.43. The summed E-state index contributed by atoms with van der Waals surface area (Å²) in [4.78, 5) is 12.5. The zero-order valence-corrected chi connectivity index (χ0v) is 15.9. The third-order valence-electron chi connectivity index (χ3n) is 6.11. The number of thiophene rings is 1. The van der Waals surface area contributed by atoms with Gasteiger partial charge in [0.1, 0.15) is 11.9 Å². The van der Waals surface area contributed by atoms with Gasteiger partial charge in [0.15, 0.2) is 0 Å². The molecule has 2 atom stereocenters. The predicted octanol–water partition coefficient (Wildman–Crippen LogP) is 4.87. The van der Waals surface area contributed by atoms with E-state index in [1.54, 1.807) is 6.07 Å². The number of rotatable bonds is 3. The summed E-state index contributed by atoms with van der Waals surface area (Å²) in [5.74, 6) is -0.325. The highest BCUT2D eigenvalue weighted by Gasteiger charge is 2.49. The fourth-order valence-corrected chi connectivity index (χ4v) is 5.16. The standard InChI is InChI=1S/C20H23FN2O2S/c1-23(2)15-4-5-16(23)11-17(10-15)25-20(24)22-19-6-3-14(21)9-18(19)13-7-8-26-12-13/h3,6-9,12,15-17H,4-5,10-11H2,1-2H3/p+1. The molecule has 2 saturated heterocycles. The summed E-state index contributed by atoms with van der Waals surface area (Å²) in [5, 5.41) is 6.68. The number of quaternary nitrogens is 1. The van der Waals surface area contributed by atoms with Crippen LogP contribution in [0.4, 0.5) is 14.9 Å². The van der Waals surface area contributed by atoms with Crippen LogP contribution in [0.15, 0.2) is 35.0 Å². The van der Waals surface area contributed by atoms with Gasteiger partial charge in [0.2, 0.25) is 0 Å². The number of amides is 1. The molecule has 138 valence electrons. The van der Waals surface area contributed by atoms with Gasteiger partial charge in [0.25, 0.3) is 0 Å². The number of hydrogen-bond acceptors (Lipinski definition) is 3. The van der Waals surface area contributed by atoms with E-state index in [4.69, 9.17) is 4.74 Å². The molecule has 1 aromatic carbocycles. The van der Waals surface area contributed by atoms with E-state index in [9.17, 15) is 9.18 Å². The SMILES string of the molecule is C[N+]1(C)C2CCC1CC(OC(=O)Nc1ccc(F)cc1-c1ccsc1)C2. The van der Waals surface area contributed by atoms with Gasteiger partial charge >= 0.3 is 6.09 Å². The maximum absolute atomic E-state index is 13.7. The van der Waals surface area contributed by atoms with Gasteiger partial charge in [-0.2, -0.15) is 11.3 Å². The summed E-state index contributed by atoms with van der Waals surface area (Å²) in [6.45, 7) is 0. The molecule has 2 fully saturated rings. The molecule has 2 aromatic rings. The average Bonchev–Trinajstić information content (AvgIpc) is 3.13. The van der Waals surface area contributed by atoms with Crippen LogP contribution in [0.5, 0.6) is 0 Å². The first-order chi connectivity index (χ1) is 12.4. The first-order valence-electron chi connectivity index (χ1n) is 9.06. The van der Waals surface area contributed by atoms with Crippen LogP contribution in [-0.4, -0.2) is 42.9 Å². The van der Waals surface area contributed by atoms with Crippen LogP contribution in [0.2, 0.25) is 0 Å². The van der Waals surface area contributed by atoms with Crippen molar-refractivity contribution in [1.29, 1.82) is 0 Å². The number of nitrogens with zero attached hydrogens (tertiary/aromatic N) is 1. The minimum atomic E-state index is -0.454. The molecule has 6 heteroatoms. The molecule has 2 aliphatic heterocycles. The Morgan fingerprint density at radius 3 is 2.62 bits per heavy atom. The molecule has 1 amide bonds. The lowest BCUT2D eigenvalue weighted by atomic mass is 9.98. The third kappa shape index (κ3) is 3.23. The van der Waals surface area contributed by atoms with Gasteiger partial charge in [0, 0.05) is 31.2 Å². The van der Waals surface area contributed by atoms with E-state index in [0.29, 0.717) is 23.3 Å². The molecule has 2 unspecified atom stereocenters. The Balaban J connectivity index is 1.45. The zero-order valence-electron chi connectivity index (χ0n) is 15.1. The van der Waals surface area contributed by atoms with Crippen LogP contribution in [0.3, 0.4) is 0 Å². The number of hydrogen-bond donors (Lipinski definition) is 1. The van der Waals surface area contributed by atoms with E-state index in [1.807, 2.05) is 16.8 Å². The Labute approximate surface area is 157 Å². The Morgan fingerprint density at radius 1 is 1.23 bits per heavy atom. The number of anilines is 1. The second-order valence-corrected chi connectivity index (χ2v) is 8.62. The van der Waals surface area contributed by atoms with Gasteiger partial charge in [0.05, 0.1) is 31.9 Å². The van der Waals surface area contributed by atoms with Gasteiger partial charge in [-0.15, -0.1) is 0 Å². The number of ether oxygens (including phenoxy) is 1. The van der Waals surface area contributed by atoms with Crippen LogP contribution in [0, 0.1) is 5.82 Å². The van der Waals surface area contributed by atoms with Crippen molar-refractivity contribution in [3.63, 3.8) is 0 Å². The largest absolute Gasteiger partial charge is 0.445 e. The molecular formula is C20H24FN2O2S+. The lowest BCUT2D eigenvalue weighted by Crippen LogP contribution is -2.56. The lowest BCUT2D eigenvalue weighted by molar-refractivity contribution is -0.931. The molecular weight excluding hydrogens is 351 g/mol. The average molecular weight is 375 g/mol. The van der Waals surface area contributed by atoms with Crippen molar-refractivity contribution in [2.45, 2.75) is 43.9 Å². The Kier molecular flexibility index (Phi) is 4.49. The molecule has 1 N–H and O–H groups in total. The minimum absolute atomic E-state index is 0.0382. The van der Waals surface area contributed by atoms with Crippen molar-refractivity contribution in [2.24, 2.45) is 0 Å². The van der Waals surface area contributed by atoms with E-state index < -0.39 is 6.09 Å². The quantitative estimate of drug-likeness (QED) is 0.777. The van der Waals surface area contributed by atoms with Crippen molar-refractivity contribution in [3.8, 4) is 11.1 Å². The molecule has 2 bridgehead atoms. The summed E-state index contributed by atoms with van der Waals surface area (Å²) in [7, 11) is 4.56. The van der Waals surface area contributed by atoms with E-state index in [2.05, 4.69) is 19.4 Å². The molecule has 4 nitrogen and oxygen atoms in total. The fourth-order valence-electron chi connectivity index (χ4n) is 4.50. The van der Waals surface area contributed by atoms with Gasteiger partial charge < -0.3 is 9.22 Å². The van der Waals surface area contributed by atoms with Crippen LogP contribution >= 0.6 is 11.3 Å². The fraction of sp³-hybridized carbons (Fsp3) is 0.450. The molecule has 1 aromatic heterocycles. The number of halogens is 1. The third-order valence-corrected chi connectivity index (χ3v) is 6.79.